The van der Waals surface area contributed by atoms with Crippen LogP contribution in [0.5, 0.6) is 5.75 Å². The lowest BCUT2D eigenvalue weighted by Gasteiger charge is -2.33. The van der Waals surface area contributed by atoms with Crippen molar-refractivity contribution in [3.05, 3.63) is 76.9 Å². The zero-order chi connectivity index (χ0) is 24.4. The molecule has 180 valence electrons. The number of amides is 1. The molecule has 1 saturated heterocycles. The van der Waals surface area contributed by atoms with Crippen LogP contribution in [0.15, 0.2) is 60.7 Å². The minimum Gasteiger partial charge on any atom is -0.497 e. The van der Waals surface area contributed by atoms with Gasteiger partial charge in [0.1, 0.15) is 11.6 Å². The molecule has 5 rings (SSSR count). The number of rotatable bonds is 6. The molecule has 0 unspecified atom stereocenters. The Bertz CT molecular complexity index is 1330. The predicted octanol–water partition coefficient (Wildman–Crippen LogP) is 4.90. The number of hydrogen-bond acceptors (Lipinski definition) is 5. The van der Waals surface area contributed by atoms with Gasteiger partial charge in [0.05, 0.1) is 12.8 Å². The topological polar surface area (TPSA) is 71.8 Å². The van der Waals surface area contributed by atoms with Crippen molar-refractivity contribution in [2.45, 2.75) is 26.3 Å². The molecule has 1 fully saturated rings. The molecule has 0 saturated carbocycles. The Morgan fingerprint density at radius 3 is 2.49 bits per heavy atom. The molecule has 2 aromatic carbocycles. The van der Waals surface area contributed by atoms with Gasteiger partial charge in [-0.2, -0.15) is 9.61 Å². The van der Waals surface area contributed by atoms with E-state index in [4.69, 9.17) is 21.4 Å². The minimum absolute atomic E-state index is 0.00413. The third kappa shape index (κ3) is 5.10. The van der Waals surface area contributed by atoms with Crippen LogP contribution in [0.4, 0.5) is 5.82 Å². The van der Waals surface area contributed by atoms with Crippen LogP contribution >= 0.6 is 11.6 Å². The summed E-state index contributed by atoms with van der Waals surface area (Å²) in [6, 6.07) is 19.5. The summed E-state index contributed by atoms with van der Waals surface area (Å²) in [5.41, 5.74) is 4.67. The summed E-state index contributed by atoms with van der Waals surface area (Å²) >= 11 is 5.94. The standard InChI is InChI=1S/C27H28ClN5O2/c1-18-15-26(33-25(30-18)16-24(31-33)20-5-9-23(35-2)10-6-20)32-13-11-21(12-14-32)27(34)29-17-19-3-7-22(28)8-4-19/h3-10,15-16,21H,11-14,17H2,1-2H3,(H,29,34). The maximum atomic E-state index is 12.8. The first-order chi connectivity index (χ1) is 17.0. The molecule has 1 amide bonds. The van der Waals surface area contributed by atoms with Crippen molar-refractivity contribution < 1.29 is 9.53 Å². The summed E-state index contributed by atoms with van der Waals surface area (Å²) in [7, 11) is 1.66. The van der Waals surface area contributed by atoms with E-state index in [0.717, 1.165) is 65.7 Å². The number of piperidine rings is 1. The van der Waals surface area contributed by atoms with Gasteiger partial charge in [0.25, 0.3) is 0 Å². The van der Waals surface area contributed by atoms with Crippen molar-refractivity contribution in [1.82, 2.24) is 19.9 Å². The van der Waals surface area contributed by atoms with Crippen molar-refractivity contribution in [1.29, 1.82) is 0 Å². The van der Waals surface area contributed by atoms with Gasteiger partial charge in [0.2, 0.25) is 5.91 Å². The van der Waals surface area contributed by atoms with E-state index in [0.29, 0.717) is 11.6 Å². The van der Waals surface area contributed by atoms with Gasteiger partial charge < -0.3 is 15.0 Å². The molecule has 2 aromatic heterocycles. The summed E-state index contributed by atoms with van der Waals surface area (Å²) in [6.45, 7) is 4.09. The van der Waals surface area contributed by atoms with Crippen molar-refractivity contribution in [2.24, 2.45) is 5.92 Å². The molecule has 7 nitrogen and oxygen atoms in total. The number of benzene rings is 2. The Labute approximate surface area is 209 Å². The number of halogens is 1. The smallest absolute Gasteiger partial charge is 0.223 e. The van der Waals surface area contributed by atoms with Crippen molar-refractivity contribution in [3.63, 3.8) is 0 Å². The molecule has 0 bridgehead atoms. The van der Waals surface area contributed by atoms with E-state index in [1.54, 1.807) is 7.11 Å². The average molecular weight is 490 g/mol. The SMILES string of the molecule is COc1ccc(-c2cc3nc(C)cc(N4CCC(C(=O)NCc5ccc(Cl)cc5)CC4)n3n2)cc1. The number of nitrogens with one attached hydrogen (secondary N) is 1. The number of nitrogens with zero attached hydrogens (tertiary/aromatic N) is 4. The highest BCUT2D eigenvalue weighted by Gasteiger charge is 2.26. The summed E-state index contributed by atoms with van der Waals surface area (Å²) in [4.78, 5) is 19.8. The first-order valence-corrected chi connectivity index (χ1v) is 12.2. The van der Waals surface area contributed by atoms with Gasteiger partial charge in [-0.1, -0.05) is 23.7 Å². The maximum absolute atomic E-state index is 12.8. The van der Waals surface area contributed by atoms with E-state index < -0.39 is 0 Å². The highest BCUT2D eigenvalue weighted by Crippen LogP contribution is 2.28. The molecule has 1 aliphatic heterocycles. The molecular formula is C27H28ClN5O2. The van der Waals surface area contributed by atoms with Crippen molar-refractivity contribution in [2.75, 3.05) is 25.1 Å². The zero-order valence-corrected chi connectivity index (χ0v) is 20.6. The predicted molar refractivity (Wildman–Crippen MR) is 138 cm³/mol. The first-order valence-electron chi connectivity index (χ1n) is 11.8. The van der Waals surface area contributed by atoms with Crippen LogP contribution in [0.2, 0.25) is 5.02 Å². The van der Waals surface area contributed by atoms with E-state index in [1.807, 2.05) is 66.0 Å². The van der Waals surface area contributed by atoms with Gasteiger partial charge in [-0.3, -0.25) is 4.79 Å². The van der Waals surface area contributed by atoms with E-state index >= 15 is 0 Å². The van der Waals surface area contributed by atoms with Gasteiger partial charge in [-0.15, -0.1) is 0 Å². The second-order valence-corrected chi connectivity index (χ2v) is 9.33. The van der Waals surface area contributed by atoms with Crippen LogP contribution in [0.3, 0.4) is 0 Å². The fourth-order valence-electron chi connectivity index (χ4n) is 4.52. The second-order valence-electron chi connectivity index (χ2n) is 8.89. The highest BCUT2D eigenvalue weighted by atomic mass is 35.5. The lowest BCUT2D eigenvalue weighted by Crippen LogP contribution is -2.41. The fraction of sp³-hybridized carbons (Fsp3) is 0.296. The van der Waals surface area contributed by atoms with Gasteiger partial charge in [-0.25, -0.2) is 4.98 Å². The Morgan fingerprint density at radius 1 is 1.09 bits per heavy atom. The van der Waals surface area contributed by atoms with E-state index in [1.165, 1.54) is 0 Å². The largest absolute Gasteiger partial charge is 0.497 e. The second kappa shape index (κ2) is 9.96. The van der Waals surface area contributed by atoms with Crippen LogP contribution in [0.25, 0.3) is 16.9 Å². The van der Waals surface area contributed by atoms with Crippen molar-refractivity contribution >= 4 is 29.0 Å². The van der Waals surface area contributed by atoms with Gasteiger partial charge in [-0.05, 0) is 61.7 Å². The molecule has 0 spiro atoms. The number of methoxy groups -OCH3 is 1. The normalized spacial score (nSPS) is 14.3. The lowest BCUT2D eigenvalue weighted by molar-refractivity contribution is -0.125. The van der Waals surface area contributed by atoms with Crippen LogP contribution in [0.1, 0.15) is 24.1 Å². The quantitative estimate of drug-likeness (QED) is 0.417. The van der Waals surface area contributed by atoms with Crippen LogP contribution < -0.4 is 15.0 Å². The number of ether oxygens (including phenoxy) is 1. The molecule has 0 radical (unpaired) electrons. The number of hydrogen-bond donors (Lipinski definition) is 1. The van der Waals surface area contributed by atoms with Crippen LogP contribution in [-0.4, -0.2) is 40.7 Å². The third-order valence-corrected chi connectivity index (χ3v) is 6.74. The number of anilines is 1. The van der Waals surface area contributed by atoms with Crippen molar-refractivity contribution in [3.8, 4) is 17.0 Å². The molecule has 1 aliphatic rings. The van der Waals surface area contributed by atoms with E-state index in [-0.39, 0.29) is 11.8 Å². The Kier molecular flexibility index (Phi) is 6.59. The molecular weight excluding hydrogens is 462 g/mol. The van der Waals surface area contributed by atoms with Crippen LogP contribution in [-0.2, 0) is 11.3 Å². The summed E-state index contributed by atoms with van der Waals surface area (Å²) in [6.07, 6.45) is 1.59. The first kappa shape index (κ1) is 23.2. The molecule has 0 atom stereocenters. The van der Waals surface area contributed by atoms with Gasteiger partial charge in [0, 0.05) is 54.0 Å². The highest BCUT2D eigenvalue weighted by molar-refractivity contribution is 6.30. The monoisotopic (exact) mass is 489 g/mol. The van der Waals surface area contributed by atoms with Gasteiger partial charge in [0.15, 0.2) is 5.65 Å². The number of aromatic nitrogens is 3. The molecule has 0 aliphatic carbocycles. The number of carbonyl (C=O) groups excluding carboxylic acids is 1. The average Bonchev–Trinajstić information content (AvgIpc) is 3.32. The molecule has 3 heterocycles. The molecule has 8 heteroatoms. The number of fused-ring (bicyclic) bond motifs is 1. The van der Waals surface area contributed by atoms with E-state index in [9.17, 15) is 4.79 Å². The fourth-order valence-corrected chi connectivity index (χ4v) is 4.64. The third-order valence-electron chi connectivity index (χ3n) is 6.49. The molecule has 1 N–H and O–H groups in total. The Balaban J connectivity index is 1.28. The Morgan fingerprint density at radius 2 is 1.80 bits per heavy atom. The Hall–Kier alpha value is -3.58. The van der Waals surface area contributed by atoms with E-state index in [2.05, 4.69) is 21.3 Å². The summed E-state index contributed by atoms with van der Waals surface area (Å²) in [5.74, 6) is 1.93. The van der Waals surface area contributed by atoms with Gasteiger partial charge >= 0.3 is 0 Å². The summed E-state index contributed by atoms with van der Waals surface area (Å²) < 4.78 is 7.18. The number of carbonyl (C=O) groups is 1. The lowest BCUT2D eigenvalue weighted by atomic mass is 9.95. The number of aryl methyl sites for hydroxylation is 1. The van der Waals surface area contributed by atoms with Crippen LogP contribution in [0, 0.1) is 12.8 Å². The maximum Gasteiger partial charge on any atom is 0.223 e. The molecule has 4 aromatic rings. The molecule has 35 heavy (non-hydrogen) atoms. The summed E-state index contributed by atoms with van der Waals surface area (Å²) in [5, 5.41) is 8.63. The zero-order valence-electron chi connectivity index (χ0n) is 19.9. The minimum atomic E-state index is 0.00413.